The molecule has 0 spiro atoms. The van der Waals surface area contributed by atoms with E-state index in [0.717, 1.165) is 12.8 Å². The van der Waals surface area contributed by atoms with Crippen molar-refractivity contribution < 1.29 is 21.9 Å². The number of hydrogen-bond donors (Lipinski definition) is 1. The highest BCUT2D eigenvalue weighted by Gasteiger charge is 2.29. The van der Waals surface area contributed by atoms with Gasteiger partial charge in [0.25, 0.3) is 12.2 Å². The van der Waals surface area contributed by atoms with Gasteiger partial charge in [-0.15, -0.1) is 4.98 Å². The van der Waals surface area contributed by atoms with E-state index in [0.29, 0.717) is 41.5 Å². The van der Waals surface area contributed by atoms with Crippen molar-refractivity contribution in [3.63, 3.8) is 0 Å². The second-order valence-corrected chi connectivity index (χ2v) is 11.9. The number of anilines is 3. The van der Waals surface area contributed by atoms with Crippen LogP contribution in [-0.4, -0.2) is 47.3 Å². The quantitative estimate of drug-likeness (QED) is 0.237. The smallest absolute Gasteiger partial charge is 0.295 e. The average molecular weight is 582 g/mol. The van der Waals surface area contributed by atoms with Crippen LogP contribution in [0.2, 0.25) is 0 Å². The van der Waals surface area contributed by atoms with Gasteiger partial charge in [-0.2, -0.15) is 0 Å². The van der Waals surface area contributed by atoms with E-state index in [1.54, 1.807) is 55.5 Å². The summed E-state index contributed by atoms with van der Waals surface area (Å²) in [5, 5.41) is 3.25. The fourth-order valence-electron chi connectivity index (χ4n) is 4.84. The van der Waals surface area contributed by atoms with E-state index >= 15 is 0 Å². The molecule has 0 amide bonds. The van der Waals surface area contributed by atoms with Gasteiger partial charge in [-0.1, -0.05) is 24.8 Å². The Labute approximate surface area is 236 Å². The number of benzene rings is 1. The highest BCUT2D eigenvalue weighted by atomic mass is 32.2. The fraction of sp³-hybridized carbons (Fsp3) is 0.357. The van der Waals surface area contributed by atoms with Crippen LogP contribution in [0.3, 0.4) is 0 Å². The first-order valence-electron chi connectivity index (χ1n) is 13.2. The molecule has 1 aliphatic rings. The Hall–Kier alpha value is -4.15. The topological polar surface area (TPSA) is 107 Å². The molecule has 5 rings (SSSR count). The number of nitrogens with one attached hydrogen (secondary N) is 1. The number of ether oxygens (including phenoxy) is 1. The maximum Gasteiger partial charge on any atom is 0.295 e. The van der Waals surface area contributed by atoms with Gasteiger partial charge in [-0.25, -0.2) is 27.2 Å². The van der Waals surface area contributed by atoms with E-state index in [4.69, 9.17) is 16.3 Å². The molecule has 0 radical (unpaired) electrons. The van der Waals surface area contributed by atoms with Gasteiger partial charge in [0, 0.05) is 13.7 Å². The van der Waals surface area contributed by atoms with E-state index < -0.39 is 28.5 Å². The summed E-state index contributed by atoms with van der Waals surface area (Å²) in [6, 6.07) is 13.6. The van der Waals surface area contributed by atoms with E-state index in [2.05, 4.69) is 20.1 Å². The lowest BCUT2D eigenvalue weighted by Gasteiger charge is -2.25. The molecule has 0 bridgehead atoms. The molecule has 1 unspecified atom stereocenters. The van der Waals surface area contributed by atoms with Crippen molar-refractivity contribution in [2.75, 3.05) is 29.0 Å². The van der Waals surface area contributed by atoms with Crippen LogP contribution in [0, 0.1) is 6.57 Å². The summed E-state index contributed by atoms with van der Waals surface area (Å²) < 4.78 is 62.5. The third-order valence-corrected chi connectivity index (χ3v) is 8.69. The van der Waals surface area contributed by atoms with Crippen LogP contribution in [0.5, 0.6) is 0 Å². The highest BCUT2D eigenvalue weighted by molar-refractivity contribution is 7.92. The fourth-order valence-corrected chi connectivity index (χ4v) is 5.68. The molecule has 10 nitrogen and oxygen atoms in total. The number of halogens is 2. The van der Waals surface area contributed by atoms with Crippen molar-refractivity contribution in [3.8, 4) is 0 Å². The molecule has 1 aliphatic heterocycles. The predicted molar refractivity (Wildman–Crippen MR) is 152 cm³/mol. The molecule has 0 aliphatic carbocycles. The van der Waals surface area contributed by atoms with Crippen LogP contribution < -0.4 is 9.62 Å². The van der Waals surface area contributed by atoms with Crippen molar-refractivity contribution in [2.24, 2.45) is 0 Å². The third-order valence-electron chi connectivity index (χ3n) is 6.93. The number of aromatic nitrogens is 4. The zero-order valence-corrected chi connectivity index (χ0v) is 23.4. The van der Waals surface area contributed by atoms with Crippen LogP contribution in [0.15, 0.2) is 48.5 Å². The SMILES string of the molecule is [C-]#[N+]c1cccc(Cc2cc(Nc3ccccc3N(C)S(=O)(=O)CC)c3nc(C(F)F)n(C4CCCCO4)c3n2)n1. The summed E-state index contributed by atoms with van der Waals surface area (Å²) in [5.74, 6) is -0.315. The molecule has 13 heteroatoms. The molecule has 1 saturated heterocycles. The normalized spacial score (nSPS) is 15.7. The first-order valence-corrected chi connectivity index (χ1v) is 14.8. The van der Waals surface area contributed by atoms with Crippen molar-refractivity contribution in [3.05, 3.63) is 77.2 Å². The Morgan fingerprint density at radius 2 is 1.93 bits per heavy atom. The zero-order valence-electron chi connectivity index (χ0n) is 22.6. The zero-order chi connectivity index (χ0) is 29.1. The van der Waals surface area contributed by atoms with E-state index in [1.165, 1.54) is 15.9 Å². The Morgan fingerprint density at radius 1 is 1.12 bits per heavy atom. The molecule has 1 atom stereocenters. The van der Waals surface area contributed by atoms with Gasteiger partial charge in [0.05, 0.1) is 34.9 Å². The monoisotopic (exact) mass is 581 g/mol. The Morgan fingerprint density at radius 3 is 2.63 bits per heavy atom. The molecular weight excluding hydrogens is 552 g/mol. The van der Waals surface area contributed by atoms with Crippen molar-refractivity contribution >= 4 is 44.1 Å². The summed E-state index contributed by atoms with van der Waals surface area (Å²) in [6.45, 7) is 9.28. The van der Waals surface area contributed by atoms with Crippen LogP contribution >= 0.6 is 0 Å². The number of rotatable bonds is 9. The molecule has 41 heavy (non-hydrogen) atoms. The number of sulfonamides is 1. The van der Waals surface area contributed by atoms with E-state index in [9.17, 15) is 17.2 Å². The van der Waals surface area contributed by atoms with Crippen molar-refractivity contribution in [1.29, 1.82) is 0 Å². The molecule has 214 valence electrons. The summed E-state index contributed by atoms with van der Waals surface area (Å²) in [7, 11) is -2.11. The van der Waals surface area contributed by atoms with Gasteiger partial charge < -0.3 is 14.9 Å². The number of para-hydroxylation sites is 2. The Balaban J connectivity index is 1.68. The second kappa shape index (κ2) is 11.8. The van der Waals surface area contributed by atoms with E-state index in [1.807, 2.05) is 0 Å². The predicted octanol–water partition coefficient (Wildman–Crippen LogP) is 6.13. The number of alkyl halides is 2. The molecular formula is C28H29F2N7O3S. The average Bonchev–Trinajstić information content (AvgIpc) is 3.38. The first kappa shape index (κ1) is 28.4. The van der Waals surface area contributed by atoms with Gasteiger partial charge in [-0.3, -0.25) is 8.87 Å². The third kappa shape index (κ3) is 5.84. The molecule has 4 heterocycles. The van der Waals surface area contributed by atoms with E-state index in [-0.39, 0.29) is 29.2 Å². The number of fused-ring (bicyclic) bond motifs is 1. The Kier molecular flexibility index (Phi) is 8.14. The minimum atomic E-state index is -3.58. The summed E-state index contributed by atoms with van der Waals surface area (Å²) >= 11 is 0. The molecule has 1 aromatic carbocycles. The number of imidazole rings is 1. The van der Waals surface area contributed by atoms with Gasteiger partial charge in [-0.05, 0) is 56.5 Å². The molecule has 1 N–H and O–H groups in total. The lowest BCUT2D eigenvalue weighted by molar-refractivity contribution is -0.0363. The minimum Gasteiger partial charge on any atom is -0.361 e. The molecule has 4 aromatic rings. The first-order chi connectivity index (χ1) is 19.7. The Bertz CT molecular complexity index is 1710. The standard InChI is InChI=1S/C28H29F2N7O3S/c1-4-41(38,39)36(3)22-12-6-5-11-20(22)34-21-17-19(16-18-10-9-13-23(31-2)32-18)33-27-25(21)35-28(26(29)30)37(27)24-14-7-8-15-40-24/h5-6,9-13,17,24,26H,4,7-8,14-16H2,1,3H3,(H,33,34). The lowest BCUT2D eigenvalue weighted by atomic mass is 10.1. The summed E-state index contributed by atoms with van der Waals surface area (Å²) in [5.41, 5.74) is 2.71. The van der Waals surface area contributed by atoms with Crippen molar-refractivity contribution in [1.82, 2.24) is 19.5 Å². The van der Waals surface area contributed by atoms with Gasteiger partial charge in [0.2, 0.25) is 10.0 Å². The number of hydrogen-bond acceptors (Lipinski definition) is 7. The number of pyridine rings is 2. The van der Waals surface area contributed by atoms with Gasteiger partial charge in [0.1, 0.15) is 17.4 Å². The van der Waals surface area contributed by atoms with Crippen LogP contribution in [0.4, 0.5) is 31.7 Å². The molecule has 0 saturated carbocycles. The molecule has 3 aromatic heterocycles. The van der Waals surface area contributed by atoms with Gasteiger partial charge in [0.15, 0.2) is 11.5 Å². The van der Waals surface area contributed by atoms with Crippen LogP contribution in [0.25, 0.3) is 16.0 Å². The maximum atomic E-state index is 14.4. The van der Waals surface area contributed by atoms with Crippen molar-refractivity contribution in [2.45, 2.75) is 45.3 Å². The highest BCUT2D eigenvalue weighted by Crippen LogP contribution is 2.37. The van der Waals surface area contributed by atoms with Crippen LogP contribution in [0.1, 0.15) is 56.1 Å². The second-order valence-electron chi connectivity index (χ2n) is 9.58. The maximum absolute atomic E-state index is 14.4. The number of nitrogens with zero attached hydrogens (tertiary/aromatic N) is 6. The van der Waals surface area contributed by atoms with Gasteiger partial charge >= 0.3 is 0 Å². The summed E-state index contributed by atoms with van der Waals surface area (Å²) in [4.78, 5) is 16.8. The molecule has 1 fully saturated rings. The van der Waals surface area contributed by atoms with Crippen LogP contribution in [-0.2, 0) is 21.2 Å². The largest absolute Gasteiger partial charge is 0.361 e. The lowest BCUT2D eigenvalue weighted by Crippen LogP contribution is -2.28. The minimum absolute atomic E-state index is 0.0955. The summed E-state index contributed by atoms with van der Waals surface area (Å²) in [6.07, 6.45) is -1.11.